The van der Waals surface area contributed by atoms with Crippen LogP contribution >= 0.6 is 11.8 Å². The highest BCUT2D eigenvalue weighted by molar-refractivity contribution is 7.98. The van der Waals surface area contributed by atoms with E-state index in [1.165, 1.54) is 12.2 Å². The maximum Gasteiger partial charge on any atom is 0.237 e. The predicted molar refractivity (Wildman–Crippen MR) is 69.7 cm³/mol. The Morgan fingerprint density at radius 3 is 2.81 bits per heavy atom. The first-order valence-electron chi connectivity index (χ1n) is 5.73. The van der Waals surface area contributed by atoms with Crippen LogP contribution in [0.25, 0.3) is 0 Å². The van der Waals surface area contributed by atoms with E-state index in [1.54, 1.807) is 7.11 Å². The summed E-state index contributed by atoms with van der Waals surface area (Å²) in [4.78, 5) is 11.4. The topological polar surface area (TPSA) is 64.3 Å². The lowest BCUT2D eigenvalue weighted by Crippen LogP contribution is -2.41. The number of nitrogens with one attached hydrogen (secondary N) is 1. The highest BCUT2D eigenvalue weighted by Crippen LogP contribution is 2.01. The molecule has 0 saturated heterocycles. The minimum absolute atomic E-state index is 0.0677. The van der Waals surface area contributed by atoms with Gasteiger partial charge < -0.3 is 15.8 Å². The average molecular weight is 248 g/mol. The number of thioether (sulfide) groups is 1. The van der Waals surface area contributed by atoms with Crippen molar-refractivity contribution in [1.82, 2.24) is 5.32 Å². The van der Waals surface area contributed by atoms with Crippen molar-refractivity contribution in [3.63, 3.8) is 0 Å². The average Bonchev–Trinajstić information content (AvgIpc) is 2.30. The van der Waals surface area contributed by atoms with Gasteiger partial charge in [0.1, 0.15) is 0 Å². The molecule has 0 fully saturated rings. The van der Waals surface area contributed by atoms with Crippen molar-refractivity contribution in [3.05, 3.63) is 0 Å². The molecule has 0 spiro atoms. The summed E-state index contributed by atoms with van der Waals surface area (Å²) >= 11 is 1.86. The van der Waals surface area contributed by atoms with Gasteiger partial charge in [0.05, 0.1) is 6.04 Å². The number of hydrogen-bond donors (Lipinski definition) is 2. The van der Waals surface area contributed by atoms with Gasteiger partial charge in [-0.05, 0) is 31.3 Å². The fraction of sp³-hybridized carbons (Fsp3) is 0.909. The van der Waals surface area contributed by atoms with E-state index < -0.39 is 6.04 Å². The molecule has 0 radical (unpaired) electrons. The Bertz CT molecular complexity index is 179. The van der Waals surface area contributed by atoms with Crippen molar-refractivity contribution in [2.45, 2.75) is 31.7 Å². The molecular weight excluding hydrogens is 224 g/mol. The second-order valence-electron chi connectivity index (χ2n) is 3.73. The summed E-state index contributed by atoms with van der Waals surface area (Å²) in [7, 11) is 1.61. The first kappa shape index (κ1) is 15.7. The first-order chi connectivity index (χ1) is 7.72. The normalized spacial score (nSPS) is 12.4. The predicted octanol–water partition coefficient (Wildman–Crippen LogP) is 1.000. The lowest BCUT2D eigenvalue weighted by molar-refractivity contribution is -0.122. The highest BCUT2D eigenvalue weighted by atomic mass is 32.2. The van der Waals surface area contributed by atoms with Gasteiger partial charge in [-0.25, -0.2) is 0 Å². The molecule has 1 amide bonds. The molecule has 4 nitrogen and oxygen atoms in total. The minimum Gasteiger partial charge on any atom is -0.385 e. The quantitative estimate of drug-likeness (QED) is 0.566. The van der Waals surface area contributed by atoms with Crippen molar-refractivity contribution in [2.24, 2.45) is 5.73 Å². The number of hydrogen-bond acceptors (Lipinski definition) is 4. The van der Waals surface area contributed by atoms with E-state index >= 15 is 0 Å². The molecule has 0 aromatic carbocycles. The maximum absolute atomic E-state index is 11.4. The fourth-order valence-corrected chi connectivity index (χ4v) is 1.76. The Morgan fingerprint density at radius 2 is 2.19 bits per heavy atom. The number of carbonyl (C=O) groups excluding carboxylic acids is 1. The van der Waals surface area contributed by atoms with E-state index in [4.69, 9.17) is 10.5 Å². The second-order valence-corrected chi connectivity index (χ2v) is 4.72. The van der Waals surface area contributed by atoms with Crippen LogP contribution in [0, 0.1) is 0 Å². The van der Waals surface area contributed by atoms with Crippen molar-refractivity contribution in [2.75, 3.05) is 32.3 Å². The van der Waals surface area contributed by atoms with E-state index in [2.05, 4.69) is 11.6 Å². The highest BCUT2D eigenvalue weighted by Gasteiger charge is 2.11. The zero-order valence-corrected chi connectivity index (χ0v) is 11.1. The smallest absolute Gasteiger partial charge is 0.237 e. The summed E-state index contributed by atoms with van der Waals surface area (Å²) in [6.07, 6.45) is 6.09. The van der Waals surface area contributed by atoms with Crippen LogP contribution < -0.4 is 11.1 Å². The standard InChI is InChI=1S/C11H24N2O2S/c1-15-8-6-10(12)11(14)13-7-4-3-5-9-16-2/h10H,3-9,12H2,1-2H3,(H,13,14). The van der Waals surface area contributed by atoms with Crippen molar-refractivity contribution < 1.29 is 9.53 Å². The molecule has 0 aromatic heterocycles. The Hall–Kier alpha value is -0.260. The molecule has 1 atom stereocenters. The molecular formula is C11H24N2O2S. The van der Waals surface area contributed by atoms with Gasteiger partial charge in [0.15, 0.2) is 0 Å². The third kappa shape index (κ3) is 9.00. The molecule has 0 saturated carbocycles. The Balaban J connectivity index is 3.35. The SMILES string of the molecule is COCCC(N)C(=O)NCCCCCSC. The number of methoxy groups -OCH3 is 1. The van der Waals surface area contributed by atoms with E-state index in [0.717, 1.165) is 19.4 Å². The van der Waals surface area contributed by atoms with Crippen LogP contribution in [0.2, 0.25) is 0 Å². The molecule has 3 N–H and O–H groups in total. The molecule has 0 bridgehead atoms. The van der Waals surface area contributed by atoms with Gasteiger partial charge in [-0.3, -0.25) is 4.79 Å². The van der Waals surface area contributed by atoms with Crippen LogP contribution in [0.3, 0.4) is 0 Å². The van der Waals surface area contributed by atoms with Crippen LogP contribution in [0.4, 0.5) is 0 Å². The molecule has 0 aliphatic rings. The van der Waals surface area contributed by atoms with Crippen LogP contribution in [-0.4, -0.2) is 44.2 Å². The summed E-state index contributed by atoms with van der Waals surface area (Å²) in [5.41, 5.74) is 5.67. The third-order valence-corrected chi connectivity index (χ3v) is 2.99. The maximum atomic E-state index is 11.4. The minimum atomic E-state index is -0.439. The summed E-state index contributed by atoms with van der Waals surface area (Å²) in [5, 5.41) is 2.84. The Morgan fingerprint density at radius 1 is 1.44 bits per heavy atom. The first-order valence-corrected chi connectivity index (χ1v) is 7.13. The second kappa shape index (κ2) is 11.2. The zero-order valence-electron chi connectivity index (χ0n) is 10.3. The van der Waals surface area contributed by atoms with Gasteiger partial charge in [-0.15, -0.1) is 0 Å². The van der Waals surface area contributed by atoms with Crippen LogP contribution in [0.1, 0.15) is 25.7 Å². The lowest BCUT2D eigenvalue weighted by Gasteiger charge is -2.11. The molecule has 16 heavy (non-hydrogen) atoms. The number of amides is 1. The van der Waals surface area contributed by atoms with Crippen molar-refractivity contribution >= 4 is 17.7 Å². The number of ether oxygens (including phenoxy) is 1. The van der Waals surface area contributed by atoms with E-state index in [0.29, 0.717) is 13.0 Å². The fourth-order valence-electron chi connectivity index (χ4n) is 1.27. The van der Waals surface area contributed by atoms with Crippen molar-refractivity contribution in [1.29, 1.82) is 0 Å². The van der Waals surface area contributed by atoms with Gasteiger partial charge in [0, 0.05) is 20.3 Å². The van der Waals surface area contributed by atoms with Gasteiger partial charge in [-0.1, -0.05) is 6.42 Å². The molecule has 1 unspecified atom stereocenters. The third-order valence-electron chi connectivity index (χ3n) is 2.29. The lowest BCUT2D eigenvalue weighted by atomic mass is 10.2. The van der Waals surface area contributed by atoms with Gasteiger partial charge >= 0.3 is 0 Å². The van der Waals surface area contributed by atoms with E-state index in [-0.39, 0.29) is 5.91 Å². The monoisotopic (exact) mass is 248 g/mol. The van der Waals surface area contributed by atoms with Gasteiger partial charge in [0.25, 0.3) is 0 Å². The molecule has 5 heteroatoms. The summed E-state index contributed by atoms with van der Waals surface area (Å²) in [5.74, 6) is 1.13. The molecule has 0 heterocycles. The van der Waals surface area contributed by atoms with Crippen LogP contribution in [0.15, 0.2) is 0 Å². The number of carbonyl (C=O) groups is 1. The number of rotatable bonds is 10. The van der Waals surface area contributed by atoms with E-state index in [1.807, 2.05) is 11.8 Å². The molecule has 96 valence electrons. The van der Waals surface area contributed by atoms with Crippen LogP contribution in [-0.2, 0) is 9.53 Å². The van der Waals surface area contributed by atoms with Gasteiger partial charge in [0.2, 0.25) is 5.91 Å². The number of nitrogens with two attached hydrogens (primary N) is 1. The van der Waals surface area contributed by atoms with E-state index in [9.17, 15) is 4.79 Å². The van der Waals surface area contributed by atoms with Gasteiger partial charge in [-0.2, -0.15) is 11.8 Å². The molecule has 0 aromatic rings. The summed E-state index contributed by atoms with van der Waals surface area (Å²) in [6, 6.07) is -0.439. The number of unbranched alkanes of at least 4 members (excludes halogenated alkanes) is 2. The zero-order chi connectivity index (χ0) is 12.2. The molecule has 0 aliphatic carbocycles. The summed E-state index contributed by atoms with van der Waals surface area (Å²) in [6.45, 7) is 1.26. The Kier molecular flexibility index (Phi) is 11.0. The largest absolute Gasteiger partial charge is 0.385 e. The van der Waals surface area contributed by atoms with Crippen LogP contribution in [0.5, 0.6) is 0 Å². The van der Waals surface area contributed by atoms with Crippen molar-refractivity contribution in [3.8, 4) is 0 Å². The Labute approximate surface area is 103 Å². The molecule has 0 rings (SSSR count). The summed E-state index contributed by atoms with van der Waals surface area (Å²) < 4.78 is 4.87. The molecule has 0 aliphatic heterocycles.